The summed E-state index contributed by atoms with van der Waals surface area (Å²) in [5.74, 6) is 1.05. The second-order valence-electron chi connectivity index (χ2n) is 2.74. The minimum atomic E-state index is 0.698. The van der Waals surface area contributed by atoms with Crippen molar-refractivity contribution >= 4 is 16.2 Å². The van der Waals surface area contributed by atoms with Gasteiger partial charge in [-0.15, -0.1) is 11.3 Å². The van der Waals surface area contributed by atoms with Gasteiger partial charge < -0.3 is 5.73 Å². The minimum Gasteiger partial charge on any atom is -0.330 e. The zero-order valence-electron chi connectivity index (χ0n) is 6.95. The van der Waals surface area contributed by atoms with Crippen molar-refractivity contribution in [1.29, 1.82) is 0 Å². The normalized spacial score (nSPS) is 11.2. The fourth-order valence-corrected chi connectivity index (χ4v) is 2.30. The molecule has 0 bridgehead atoms. The molecular weight excluding hydrogens is 170 g/mol. The number of nitrogens with zero attached hydrogens (tertiary/aromatic N) is 2. The van der Waals surface area contributed by atoms with Crippen molar-refractivity contribution in [3.8, 4) is 0 Å². The Bertz CT molecular complexity index is 388. The van der Waals surface area contributed by atoms with Gasteiger partial charge in [-0.25, -0.2) is 4.98 Å². The van der Waals surface area contributed by atoms with Crippen LogP contribution in [0.3, 0.4) is 0 Å². The largest absolute Gasteiger partial charge is 0.330 e. The van der Waals surface area contributed by atoms with E-state index in [0.717, 1.165) is 12.2 Å². The second kappa shape index (κ2) is 2.88. The Morgan fingerprint density at radius 1 is 1.67 bits per heavy atom. The molecule has 0 fully saturated rings. The SMILES string of the molecule is Cc1ncc2scc(CCN)n12. The molecule has 0 amide bonds. The number of hydrogen-bond donors (Lipinski definition) is 1. The fourth-order valence-electron chi connectivity index (χ4n) is 1.36. The van der Waals surface area contributed by atoms with Crippen molar-refractivity contribution in [3.05, 3.63) is 23.1 Å². The molecule has 0 radical (unpaired) electrons. The molecule has 3 nitrogen and oxygen atoms in total. The van der Waals surface area contributed by atoms with Gasteiger partial charge in [-0.05, 0) is 13.5 Å². The molecule has 2 rings (SSSR count). The van der Waals surface area contributed by atoms with Gasteiger partial charge in [0.2, 0.25) is 0 Å². The third-order valence-electron chi connectivity index (χ3n) is 1.91. The maximum atomic E-state index is 5.50. The summed E-state index contributed by atoms with van der Waals surface area (Å²) in [5, 5.41) is 2.15. The van der Waals surface area contributed by atoms with Crippen molar-refractivity contribution in [3.63, 3.8) is 0 Å². The number of fused-ring (bicyclic) bond motifs is 1. The molecule has 12 heavy (non-hydrogen) atoms. The van der Waals surface area contributed by atoms with Crippen molar-refractivity contribution in [2.24, 2.45) is 5.73 Å². The Hall–Kier alpha value is -0.870. The molecule has 0 aliphatic rings. The van der Waals surface area contributed by atoms with Crippen molar-refractivity contribution in [2.45, 2.75) is 13.3 Å². The molecule has 2 aromatic rings. The molecular formula is C8H11N3S. The van der Waals surface area contributed by atoms with Gasteiger partial charge in [-0.1, -0.05) is 0 Å². The van der Waals surface area contributed by atoms with Crippen LogP contribution in [0.25, 0.3) is 4.83 Å². The van der Waals surface area contributed by atoms with E-state index in [-0.39, 0.29) is 0 Å². The van der Waals surface area contributed by atoms with Crippen LogP contribution >= 0.6 is 11.3 Å². The highest BCUT2D eigenvalue weighted by Crippen LogP contribution is 2.18. The summed E-state index contributed by atoms with van der Waals surface area (Å²) in [6, 6.07) is 0. The lowest BCUT2D eigenvalue weighted by atomic mass is 10.3. The first-order valence-corrected chi connectivity index (χ1v) is 4.81. The molecule has 0 aliphatic carbocycles. The summed E-state index contributed by atoms with van der Waals surface area (Å²) < 4.78 is 2.16. The Morgan fingerprint density at radius 3 is 3.25 bits per heavy atom. The average molecular weight is 181 g/mol. The molecule has 0 unspecified atom stereocenters. The van der Waals surface area contributed by atoms with Crippen molar-refractivity contribution in [1.82, 2.24) is 9.38 Å². The third-order valence-corrected chi connectivity index (χ3v) is 2.83. The molecule has 0 aliphatic heterocycles. The van der Waals surface area contributed by atoms with E-state index in [2.05, 4.69) is 14.8 Å². The number of rotatable bonds is 2. The molecule has 2 heterocycles. The smallest absolute Gasteiger partial charge is 0.119 e. The maximum absolute atomic E-state index is 5.50. The van der Waals surface area contributed by atoms with E-state index in [9.17, 15) is 0 Å². The fraction of sp³-hybridized carbons (Fsp3) is 0.375. The summed E-state index contributed by atoms with van der Waals surface area (Å²) >= 11 is 1.72. The lowest BCUT2D eigenvalue weighted by Gasteiger charge is -1.96. The predicted molar refractivity (Wildman–Crippen MR) is 50.6 cm³/mol. The second-order valence-corrected chi connectivity index (χ2v) is 3.63. The molecule has 2 aromatic heterocycles. The first-order chi connectivity index (χ1) is 5.83. The van der Waals surface area contributed by atoms with Crippen LogP contribution in [0.15, 0.2) is 11.6 Å². The van der Waals surface area contributed by atoms with Crippen molar-refractivity contribution in [2.75, 3.05) is 6.54 Å². The molecule has 64 valence electrons. The van der Waals surface area contributed by atoms with E-state index in [0.29, 0.717) is 6.54 Å². The molecule has 0 atom stereocenters. The van der Waals surface area contributed by atoms with Gasteiger partial charge in [0.15, 0.2) is 0 Å². The molecule has 0 spiro atoms. The Morgan fingerprint density at radius 2 is 2.50 bits per heavy atom. The van der Waals surface area contributed by atoms with Crippen molar-refractivity contribution < 1.29 is 0 Å². The van der Waals surface area contributed by atoms with E-state index in [1.54, 1.807) is 11.3 Å². The zero-order valence-corrected chi connectivity index (χ0v) is 7.77. The number of aryl methyl sites for hydroxylation is 1. The van der Waals surface area contributed by atoms with Gasteiger partial charge in [0.25, 0.3) is 0 Å². The van der Waals surface area contributed by atoms with Gasteiger partial charge in [-0.2, -0.15) is 0 Å². The average Bonchev–Trinajstić information content (AvgIpc) is 2.58. The minimum absolute atomic E-state index is 0.698. The van der Waals surface area contributed by atoms with Crippen LogP contribution in [-0.4, -0.2) is 15.9 Å². The quantitative estimate of drug-likeness (QED) is 0.756. The van der Waals surface area contributed by atoms with E-state index >= 15 is 0 Å². The van der Waals surface area contributed by atoms with Gasteiger partial charge in [0.05, 0.1) is 6.20 Å². The number of thiazole rings is 1. The van der Waals surface area contributed by atoms with Crippen LogP contribution in [0.5, 0.6) is 0 Å². The molecule has 2 N–H and O–H groups in total. The van der Waals surface area contributed by atoms with Gasteiger partial charge in [-0.3, -0.25) is 4.40 Å². The predicted octanol–water partition coefficient (Wildman–Crippen LogP) is 1.21. The summed E-state index contributed by atoms with van der Waals surface area (Å²) in [5.41, 5.74) is 6.77. The third kappa shape index (κ3) is 1.04. The van der Waals surface area contributed by atoms with E-state index < -0.39 is 0 Å². The number of hydrogen-bond acceptors (Lipinski definition) is 3. The van der Waals surface area contributed by atoms with Gasteiger partial charge >= 0.3 is 0 Å². The lowest BCUT2D eigenvalue weighted by Crippen LogP contribution is -2.05. The van der Waals surface area contributed by atoms with Crippen LogP contribution in [-0.2, 0) is 6.42 Å². The Balaban J connectivity index is 2.59. The molecule has 4 heteroatoms. The van der Waals surface area contributed by atoms with Crippen LogP contribution in [0.4, 0.5) is 0 Å². The molecule has 0 saturated heterocycles. The van der Waals surface area contributed by atoms with Crippen LogP contribution in [0.2, 0.25) is 0 Å². The Labute approximate surface area is 74.8 Å². The highest BCUT2D eigenvalue weighted by Gasteiger charge is 2.05. The topological polar surface area (TPSA) is 43.3 Å². The van der Waals surface area contributed by atoms with Crippen LogP contribution in [0, 0.1) is 6.92 Å². The number of imidazole rings is 1. The van der Waals surface area contributed by atoms with E-state index in [1.165, 1.54) is 10.5 Å². The molecule has 0 aromatic carbocycles. The summed E-state index contributed by atoms with van der Waals surface area (Å²) in [6.45, 7) is 2.71. The Kier molecular flexibility index (Phi) is 1.86. The highest BCUT2D eigenvalue weighted by molar-refractivity contribution is 7.15. The van der Waals surface area contributed by atoms with Crippen LogP contribution in [0.1, 0.15) is 11.5 Å². The summed E-state index contributed by atoms with van der Waals surface area (Å²) in [7, 11) is 0. The summed E-state index contributed by atoms with van der Waals surface area (Å²) in [4.78, 5) is 5.44. The van der Waals surface area contributed by atoms with E-state index in [1.807, 2.05) is 13.1 Å². The molecule has 0 saturated carbocycles. The lowest BCUT2D eigenvalue weighted by molar-refractivity contribution is 0.884. The first kappa shape index (κ1) is 7.76. The first-order valence-electron chi connectivity index (χ1n) is 3.93. The summed E-state index contributed by atoms with van der Waals surface area (Å²) in [6.07, 6.45) is 2.83. The standard InChI is InChI=1S/C8H11N3S/c1-6-10-4-8-11(6)7(2-3-9)5-12-8/h4-5H,2-3,9H2,1H3. The van der Waals surface area contributed by atoms with E-state index in [4.69, 9.17) is 5.73 Å². The number of aromatic nitrogens is 2. The number of nitrogens with two attached hydrogens (primary N) is 1. The van der Waals surface area contributed by atoms with Gasteiger partial charge in [0.1, 0.15) is 10.7 Å². The van der Waals surface area contributed by atoms with Crippen LogP contribution < -0.4 is 5.73 Å². The zero-order chi connectivity index (χ0) is 8.55. The maximum Gasteiger partial charge on any atom is 0.119 e. The monoisotopic (exact) mass is 181 g/mol. The van der Waals surface area contributed by atoms with Gasteiger partial charge in [0, 0.05) is 17.5 Å². The highest BCUT2D eigenvalue weighted by atomic mass is 32.1.